The van der Waals surface area contributed by atoms with Gasteiger partial charge >= 0.3 is 0 Å². The predicted molar refractivity (Wildman–Crippen MR) is 51.1 cm³/mol. The summed E-state index contributed by atoms with van der Waals surface area (Å²) in [4.78, 5) is 11.4. The molecule has 2 rings (SSSR count). The van der Waals surface area contributed by atoms with Crippen LogP contribution in [0.3, 0.4) is 0 Å². The predicted octanol–water partition coefficient (Wildman–Crippen LogP) is 0.319. The average Bonchev–Trinajstić information content (AvgIpc) is 2.47. The molecular formula is C9H14N4O. The number of rotatable bonds is 0. The van der Waals surface area contributed by atoms with E-state index in [2.05, 4.69) is 36.3 Å². The van der Waals surface area contributed by atoms with Gasteiger partial charge in [0.25, 0.3) is 5.91 Å². The van der Waals surface area contributed by atoms with Crippen molar-refractivity contribution < 1.29 is 4.79 Å². The van der Waals surface area contributed by atoms with Crippen molar-refractivity contribution in [2.75, 3.05) is 6.54 Å². The highest BCUT2D eigenvalue weighted by atomic mass is 16.2. The summed E-state index contributed by atoms with van der Waals surface area (Å²) in [7, 11) is 0. The van der Waals surface area contributed by atoms with Crippen LogP contribution in [0.4, 0.5) is 0 Å². The number of amides is 1. The first-order valence-corrected chi connectivity index (χ1v) is 4.72. The number of nitrogens with one attached hydrogen (secondary N) is 1. The van der Waals surface area contributed by atoms with E-state index in [-0.39, 0.29) is 11.3 Å². The van der Waals surface area contributed by atoms with E-state index in [0.717, 1.165) is 12.4 Å². The van der Waals surface area contributed by atoms with Crippen LogP contribution in [0.15, 0.2) is 0 Å². The van der Waals surface area contributed by atoms with E-state index < -0.39 is 0 Å². The van der Waals surface area contributed by atoms with Crippen LogP contribution in [-0.4, -0.2) is 27.2 Å². The molecule has 1 aliphatic rings. The van der Waals surface area contributed by atoms with Gasteiger partial charge in [-0.2, -0.15) is 0 Å². The fourth-order valence-corrected chi connectivity index (χ4v) is 1.60. The van der Waals surface area contributed by atoms with Crippen molar-refractivity contribution in [3.63, 3.8) is 0 Å². The van der Waals surface area contributed by atoms with Gasteiger partial charge in [0.05, 0.1) is 0 Å². The molecule has 14 heavy (non-hydrogen) atoms. The summed E-state index contributed by atoms with van der Waals surface area (Å²) in [6.45, 7) is 7.62. The summed E-state index contributed by atoms with van der Waals surface area (Å²) in [6.07, 6.45) is 0. The minimum Gasteiger partial charge on any atom is -0.348 e. The maximum atomic E-state index is 11.4. The molecule has 2 heterocycles. The van der Waals surface area contributed by atoms with E-state index >= 15 is 0 Å². The molecule has 5 heteroatoms. The van der Waals surface area contributed by atoms with Gasteiger partial charge in [-0.25, -0.2) is 0 Å². The molecule has 0 saturated heterocycles. The van der Waals surface area contributed by atoms with E-state index in [4.69, 9.17) is 0 Å². The molecule has 1 amide bonds. The van der Waals surface area contributed by atoms with Crippen LogP contribution in [0.25, 0.3) is 0 Å². The molecular weight excluding hydrogens is 180 g/mol. The number of hydrogen-bond acceptors (Lipinski definition) is 3. The van der Waals surface area contributed by atoms with Crippen LogP contribution in [-0.2, 0) is 12.0 Å². The molecule has 1 aromatic heterocycles. The normalized spacial score (nSPS) is 16.4. The van der Waals surface area contributed by atoms with Gasteiger partial charge in [-0.1, -0.05) is 20.8 Å². The number of aromatic nitrogens is 3. The Morgan fingerprint density at radius 1 is 1.36 bits per heavy atom. The largest absolute Gasteiger partial charge is 0.348 e. The van der Waals surface area contributed by atoms with Crippen molar-refractivity contribution in [2.24, 2.45) is 0 Å². The van der Waals surface area contributed by atoms with E-state index in [9.17, 15) is 4.79 Å². The molecule has 1 N–H and O–H groups in total. The molecule has 0 saturated carbocycles. The minimum absolute atomic E-state index is 0.0666. The van der Waals surface area contributed by atoms with Crippen molar-refractivity contribution in [3.8, 4) is 0 Å². The number of carbonyl (C=O) groups excluding carboxylic acids is 1. The van der Waals surface area contributed by atoms with Crippen LogP contribution in [0.1, 0.15) is 37.2 Å². The molecule has 0 spiro atoms. The van der Waals surface area contributed by atoms with Crippen molar-refractivity contribution in [2.45, 2.75) is 32.7 Å². The molecule has 5 nitrogen and oxygen atoms in total. The van der Waals surface area contributed by atoms with Crippen LogP contribution in [0.5, 0.6) is 0 Å². The van der Waals surface area contributed by atoms with Crippen molar-refractivity contribution in [1.82, 2.24) is 20.1 Å². The lowest BCUT2D eigenvalue weighted by Crippen LogP contribution is -2.37. The van der Waals surface area contributed by atoms with Crippen LogP contribution < -0.4 is 5.32 Å². The lowest BCUT2D eigenvalue weighted by molar-refractivity contribution is 0.0920. The summed E-state index contributed by atoms with van der Waals surface area (Å²) in [6, 6.07) is 0. The SMILES string of the molecule is CC(C)(C)c1nnc2n1CCNC2=O. The Kier molecular flexibility index (Phi) is 1.83. The molecule has 0 fully saturated rings. The van der Waals surface area contributed by atoms with Crippen molar-refractivity contribution in [1.29, 1.82) is 0 Å². The van der Waals surface area contributed by atoms with Gasteiger partial charge in [0.15, 0.2) is 0 Å². The highest BCUT2D eigenvalue weighted by molar-refractivity contribution is 5.91. The van der Waals surface area contributed by atoms with E-state index in [1.165, 1.54) is 0 Å². The smallest absolute Gasteiger partial charge is 0.289 e. The summed E-state index contributed by atoms with van der Waals surface area (Å²) in [5.41, 5.74) is -0.0666. The summed E-state index contributed by atoms with van der Waals surface area (Å²) < 4.78 is 1.90. The maximum absolute atomic E-state index is 11.4. The number of fused-ring (bicyclic) bond motifs is 1. The van der Waals surface area contributed by atoms with Crippen LogP contribution in [0, 0.1) is 0 Å². The molecule has 0 bridgehead atoms. The highest BCUT2D eigenvalue weighted by Crippen LogP contribution is 2.21. The molecule has 76 valence electrons. The average molecular weight is 194 g/mol. The van der Waals surface area contributed by atoms with Gasteiger partial charge in [-0.15, -0.1) is 10.2 Å². The lowest BCUT2D eigenvalue weighted by atomic mass is 9.95. The summed E-state index contributed by atoms with van der Waals surface area (Å²) in [5, 5.41) is 10.7. The lowest BCUT2D eigenvalue weighted by Gasteiger charge is -2.21. The third-order valence-electron chi connectivity index (χ3n) is 2.25. The highest BCUT2D eigenvalue weighted by Gasteiger charge is 2.28. The fraction of sp³-hybridized carbons (Fsp3) is 0.667. The van der Waals surface area contributed by atoms with Gasteiger partial charge in [0, 0.05) is 18.5 Å². The topological polar surface area (TPSA) is 59.8 Å². The number of nitrogens with zero attached hydrogens (tertiary/aromatic N) is 3. The van der Waals surface area contributed by atoms with Gasteiger partial charge < -0.3 is 9.88 Å². The van der Waals surface area contributed by atoms with Crippen LogP contribution >= 0.6 is 0 Å². The molecule has 0 aliphatic carbocycles. The Balaban J connectivity index is 2.51. The first kappa shape index (κ1) is 9.18. The zero-order valence-electron chi connectivity index (χ0n) is 8.66. The molecule has 0 radical (unpaired) electrons. The van der Waals surface area contributed by atoms with E-state index in [1.807, 2.05) is 4.57 Å². The Hall–Kier alpha value is -1.39. The summed E-state index contributed by atoms with van der Waals surface area (Å²) in [5.74, 6) is 1.18. The third-order valence-corrected chi connectivity index (χ3v) is 2.25. The monoisotopic (exact) mass is 194 g/mol. The molecule has 0 aromatic carbocycles. The van der Waals surface area contributed by atoms with Gasteiger partial charge in [0.2, 0.25) is 5.82 Å². The molecule has 1 aliphatic heterocycles. The van der Waals surface area contributed by atoms with Gasteiger partial charge in [-0.05, 0) is 0 Å². The Morgan fingerprint density at radius 2 is 2.07 bits per heavy atom. The van der Waals surface area contributed by atoms with E-state index in [1.54, 1.807) is 0 Å². The van der Waals surface area contributed by atoms with Gasteiger partial charge in [-0.3, -0.25) is 4.79 Å². The van der Waals surface area contributed by atoms with Crippen LogP contribution in [0.2, 0.25) is 0 Å². The zero-order chi connectivity index (χ0) is 10.3. The molecule has 1 aromatic rings. The molecule has 0 unspecified atom stereocenters. The number of hydrogen-bond donors (Lipinski definition) is 1. The summed E-state index contributed by atoms with van der Waals surface area (Å²) >= 11 is 0. The second-order valence-corrected chi connectivity index (χ2v) is 4.50. The quantitative estimate of drug-likeness (QED) is 0.647. The zero-order valence-corrected chi connectivity index (χ0v) is 8.66. The second kappa shape index (κ2) is 2.80. The second-order valence-electron chi connectivity index (χ2n) is 4.50. The van der Waals surface area contributed by atoms with Gasteiger partial charge in [0.1, 0.15) is 5.82 Å². The van der Waals surface area contributed by atoms with E-state index in [0.29, 0.717) is 12.4 Å². The third kappa shape index (κ3) is 1.29. The standard InChI is InChI=1S/C9H14N4O/c1-9(2,3)8-12-11-6-7(14)10-4-5-13(6)8/h4-5H2,1-3H3,(H,10,14). The first-order chi connectivity index (χ1) is 6.50. The van der Waals surface area contributed by atoms with Crippen molar-refractivity contribution in [3.05, 3.63) is 11.6 Å². The first-order valence-electron chi connectivity index (χ1n) is 4.72. The molecule has 0 atom stereocenters. The Bertz CT molecular complexity index is 375. The fourth-order valence-electron chi connectivity index (χ4n) is 1.60. The number of carbonyl (C=O) groups is 1. The minimum atomic E-state index is -0.126. The van der Waals surface area contributed by atoms with Crippen molar-refractivity contribution >= 4 is 5.91 Å². The maximum Gasteiger partial charge on any atom is 0.289 e. The Labute approximate surface area is 82.5 Å². The Morgan fingerprint density at radius 3 is 2.71 bits per heavy atom.